The third-order valence-corrected chi connectivity index (χ3v) is 4.02. The van der Waals surface area contributed by atoms with E-state index in [9.17, 15) is 4.79 Å². The van der Waals surface area contributed by atoms with Crippen LogP contribution < -0.4 is 14.8 Å². The molecule has 3 rings (SSSR count). The lowest BCUT2D eigenvalue weighted by molar-refractivity contribution is -0.116. The molecule has 0 saturated carbocycles. The maximum atomic E-state index is 12.2. The summed E-state index contributed by atoms with van der Waals surface area (Å²) >= 11 is 0. The summed E-state index contributed by atoms with van der Waals surface area (Å²) in [7, 11) is 0. The zero-order valence-corrected chi connectivity index (χ0v) is 13.7. The number of benzene rings is 2. The van der Waals surface area contributed by atoms with Gasteiger partial charge in [0.15, 0.2) is 11.5 Å². The van der Waals surface area contributed by atoms with Crippen LogP contribution in [0.5, 0.6) is 11.5 Å². The Morgan fingerprint density at radius 3 is 2.48 bits per heavy atom. The molecule has 0 unspecified atom stereocenters. The molecule has 2 aromatic rings. The Kier molecular flexibility index (Phi) is 4.24. The second-order valence-electron chi connectivity index (χ2n) is 6.01. The first-order valence-corrected chi connectivity index (χ1v) is 7.79. The first kappa shape index (κ1) is 15.4. The van der Waals surface area contributed by atoms with E-state index in [4.69, 9.17) is 9.47 Å². The van der Waals surface area contributed by atoms with Crippen LogP contribution in [-0.2, 0) is 11.2 Å². The molecule has 0 fully saturated rings. The van der Waals surface area contributed by atoms with Crippen LogP contribution in [0.4, 0.5) is 5.69 Å². The molecule has 1 amide bonds. The fourth-order valence-electron chi connectivity index (χ4n) is 2.93. The topological polar surface area (TPSA) is 47.6 Å². The van der Waals surface area contributed by atoms with Gasteiger partial charge >= 0.3 is 0 Å². The van der Waals surface area contributed by atoms with Crippen molar-refractivity contribution in [2.24, 2.45) is 0 Å². The van der Waals surface area contributed by atoms with E-state index in [1.807, 2.05) is 32.0 Å². The van der Waals surface area contributed by atoms with Gasteiger partial charge in [-0.25, -0.2) is 0 Å². The number of nitrogens with one attached hydrogen (secondary N) is 1. The highest BCUT2D eigenvalue weighted by atomic mass is 16.7. The highest BCUT2D eigenvalue weighted by Gasteiger charge is 2.14. The van der Waals surface area contributed by atoms with Gasteiger partial charge in [-0.05, 0) is 56.0 Å². The number of aryl methyl sites for hydroxylation is 4. The van der Waals surface area contributed by atoms with E-state index >= 15 is 0 Å². The molecule has 0 aromatic heterocycles. The van der Waals surface area contributed by atoms with E-state index in [1.165, 1.54) is 5.56 Å². The Bertz CT molecular complexity index is 729. The van der Waals surface area contributed by atoms with Crippen LogP contribution in [0, 0.1) is 20.8 Å². The van der Waals surface area contributed by atoms with Crippen molar-refractivity contribution in [2.75, 3.05) is 12.1 Å². The molecule has 0 spiro atoms. The van der Waals surface area contributed by atoms with Crippen molar-refractivity contribution < 1.29 is 14.3 Å². The number of rotatable bonds is 4. The average Bonchev–Trinajstić information content (AvgIpc) is 2.96. The van der Waals surface area contributed by atoms with Crippen molar-refractivity contribution in [1.82, 2.24) is 0 Å². The lowest BCUT2D eigenvalue weighted by Gasteiger charge is -2.13. The second-order valence-corrected chi connectivity index (χ2v) is 6.01. The van der Waals surface area contributed by atoms with Crippen LogP contribution in [0.25, 0.3) is 0 Å². The van der Waals surface area contributed by atoms with E-state index < -0.39 is 0 Å². The lowest BCUT2D eigenvalue weighted by atomic mass is 10.0. The summed E-state index contributed by atoms with van der Waals surface area (Å²) in [6.07, 6.45) is 1.11. The van der Waals surface area contributed by atoms with Crippen LogP contribution in [0.15, 0.2) is 30.3 Å². The number of carbonyl (C=O) groups excluding carboxylic acids is 1. The molecule has 2 aromatic carbocycles. The van der Waals surface area contributed by atoms with Gasteiger partial charge in [-0.15, -0.1) is 0 Å². The normalized spacial score (nSPS) is 12.3. The molecule has 0 radical (unpaired) electrons. The van der Waals surface area contributed by atoms with Crippen LogP contribution in [0.2, 0.25) is 0 Å². The van der Waals surface area contributed by atoms with Gasteiger partial charge in [-0.3, -0.25) is 4.79 Å². The monoisotopic (exact) mass is 311 g/mol. The minimum atomic E-state index is 0.0257. The van der Waals surface area contributed by atoms with Crippen molar-refractivity contribution in [2.45, 2.75) is 33.6 Å². The predicted octanol–water partition coefficient (Wildman–Crippen LogP) is 3.91. The number of hydrogen-bond donors (Lipinski definition) is 1. The SMILES string of the molecule is Cc1cc(C)c(NC(=O)CCc2ccc3c(c2)OCO3)c(C)c1. The Balaban J connectivity index is 1.62. The van der Waals surface area contributed by atoms with E-state index in [-0.39, 0.29) is 12.7 Å². The summed E-state index contributed by atoms with van der Waals surface area (Å²) in [5.74, 6) is 1.55. The molecule has 4 nitrogen and oxygen atoms in total. The highest BCUT2D eigenvalue weighted by molar-refractivity contribution is 5.92. The van der Waals surface area contributed by atoms with Crippen molar-refractivity contribution >= 4 is 11.6 Å². The van der Waals surface area contributed by atoms with E-state index in [1.54, 1.807) is 0 Å². The Labute approximate surface area is 136 Å². The number of hydrogen-bond acceptors (Lipinski definition) is 3. The Hall–Kier alpha value is -2.49. The summed E-state index contributed by atoms with van der Waals surface area (Å²) in [5, 5.41) is 3.03. The first-order chi connectivity index (χ1) is 11.0. The molecule has 1 aliphatic rings. The minimum absolute atomic E-state index is 0.0257. The molecule has 0 saturated heterocycles. The fraction of sp³-hybridized carbons (Fsp3) is 0.316. The Morgan fingerprint density at radius 1 is 1.04 bits per heavy atom. The van der Waals surface area contributed by atoms with Gasteiger partial charge in [0, 0.05) is 12.1 Å². The molecular formula is C19H21NO3. The number of carbonyl (C=O) groups is 1. The molecule has 0 aliphatic carbocycles. The van der Waals surface area contributed by atoms with Gasteiger partial charge in [-0.1, -0.05) is 23.8 Å². The standard InChI is InChI=1S/C19H21NO3/c1-12-8-13(2)19(14(3)9-12)20-18(21)7-5-15-4-6-16-17(10-15)23-11-22-16/h4,6,8-10H,5,7,11H2,1-3H3,(H,20,21). The molecule has 23 heavy (non-hydrogen) atoms. The number of ether oxygens (including phenoxy) is 2. The van der Waals surface area contributed by atoms with Gasteiger partial charge in [0.1, 0.15) is 0 Å². The minimum Gasteiger partial charge on any atom is -0.454 e. The fourth-order valence-corrected chi connectivity index (χ4v) is 2.93. The highest BCUT2D eigenvalue weighted by Crippen LogP contribution is 2.32. The van der Waals surface area contributed by atoms with Crippen molar-refractivity contribution in [3.05, 3.63) is 52.6 Å². The maximum Gasteiger partial charge on any atom is 0.231 e. The van der Waals surface area contributed by atoms with Gasteiger partial charge < -0.3 is 14.8 Å². The summed E-state index contributed by atoms with van der Waals surface area (Å²) in [6.45, 7) is 6.37. The predicted molar refractivity (Wildman–Crippen MR) is 90.2 cm³/mol. The second kappa shape index (κ2) is 6.32. The van der Waals surface area contributed by atoms with E-state index in [0.717, 1.165) is 33.9 Å². The van der Waals surface area contributed by atoms with Crippen LogP contribution in [-0.4, -0.2) is 12.7 Å². The van der Waals surface area contributed by atoms with Crippen LogP contribution >= 0.6 is 0 Å². The number of anilines is 1. The number of fused-ring (bicyclic) bond motifs is 1. The van der Waals surface area contributed by atoms with Gasteiger partial charge in [0.05, 0.1) is 0 Å². The summed E-state index contributed by atoms with van der Waals surface area (Å²) in [4.78, 5) is 12.2. The Morgan fingerprint density at radius 2 is 1.74 bits per heavy atom. The molecule has 1 N–H and O–H groups in total. The summed E-state index contributed by atoms with van der Waals surface area (Å²) < 4.78 is 10.7. The zero-order chi connectivity index (χ0) is 16.4. The average molecular weight is 311 g/mol. The smallest absolute Gasteiger partial charge is 0.231 e. The zero-order valence-electron chi connectivity index (χ0n) is 13.7. The van der Waals surface area contributed by atoms with Gasteiger partial charge in [-0.2, -0.15) is 0 Å². The molecule has 120 valence electrons. The molecule has 4 heteroatoms. The molecule has 1 heterocycles. The van der Waals surface area contributed by atoms with Crippen molar-refractivity contribution in [3.63, 3.8) is 0 Å². The lowest BCUT2D eigenvalue weighted by Crippen LogP contribution is -2.14. The summed E-state index contributed by atoms with van der Waals surface area (Å²) in [6, 6.07) is 9.98. The molecular weight excluding hydrogens is 290 g/mol. The largest absolute Gasteiger partial charge is 0.454 e. The molecule has 0 atom stereocenters. The number of amides is 1. The molecule has 0 bridgehead atoms. The van der Waals surface area contributed by atoms with Crippen molar-refractivity contribution in [3.8, 4) is 11.5 Å². The quantitative estimate of drug-likeness (QED) is 0.931. The summed E-state index contributed by atoms with van der Waals surface area (Å²) in [5.41, 5.74) is 5.39. The van der Waals surface area contributed by atoms with E-state index in [0.29, 0.717) is 12.8 Å². The van der Waals surface area contributed by atoms with Crippen LogP contribution in [0.3, 0.4) is 0 Å². The maximum absolute atomic E-state index is 12.2. The van der Waals surface area contributed by atoms with Gasteiger partial charge in [0.25, 0.3) is 0 Å². The third kappa shape index (κ3) is 3.47. The molecule has 1 aliphatic heterocycles. The van der Waals surface area contributed by atoms with E-state index in [2.05, 4.69) is 24.4 Å². The van der Waals surface area contributed by atoms with Gasteiger partial charge in [0.2, 0.25) is 12.7 Å². The first-order valence-electron chi connectivity index (χ1n) is 7.79. The van der Waals surface area contributed by atoms with Crippen molar-refractivity contribution in [1.29, 1.82) is 0 Å². The third-order valence-electron chi connectivity index (χ3n) is 4.02. The van der Waals surface area contributed by atoms with Crippen LogP contribution in [0.1, 0.15) is 28.7 Å².